The Labute approximate surface area is 106 Å². The van der Waals surface area contributed by atoms with E-state index in [2.05, 4.69) is 0 Å². The van der Waals surface area contributed by atoms with Crippen LogP contribution in [-0.2, 0) is 16.0 Å². The first-order valence-corrected chi connectivity index (χ1v) is 5.99. The predicted octanol–water partition coefficient (Wildman–Crippen LogP) is 1.13. The Morgan fingerprint density at radius 2 is 1.89 bits per heavy atom. The van der Waals surface area contributed by atoms with E-state index in [-0.39, 0.29) is 18.0 Å². The molecule has 2 N–H and O–H groups in total. The Morgan fingerprint density at radius 1 is 1.28 bits per heavy atom. The van der Waals surface area contributed by atoms with Crippen LogP contribution in [-0.4, -0.2) is 39.5 Å². The van der Waals surface area contributed by atoms with Crippen molar-refractivity contribution in [3.63, 3.8) is 0 Å². The number of rotatable bonds is 4. The minimum atomic E-state index is -0.246. The van der Waals surface area contributed by atoms with Gasteiger partial charge in [-0.25, -0.2) is 4.39 Å². The SMILES string of the molecule is COC1CN(c2c(F)cccc2CN)CC1OC. The molecule has 4 nitrogen and oxygen atoms in total. The predicted molar refractivity (Wildman–Crippen MR) is 68.1 cm³/mol. The molecule has 1 heterocycles. The van der Waals surface area contributed by atoms with Crippen LogP contribution in [0.2, 0.25) is 0 Å². The van der Waals surface area contributed by atoms with Gasteiger partial charge in [0.25, 0.3) is 0 Å². The summed E-state index contributed by atoms with van der Waals surface area (Å²) in [5.41, 5.74) is 7.04. The van der Waals surface area contributed by atoms with Gasteiger partial charge in [-0.05, 0) is 11.6 Å². The first-order valence-electron chi connectivity index (χ1n) is 5.99. The van der Waals surface area contributed by atoms with Crippen LogP contribution in [0.25, 0.3) is 0 Å². The van der Waals surface area contributed by atoms with Crippen LogP contribution in [0.3, 0.4) is 0 Å². The highest BCUT2D eigenvalue weighted by molar-refractivity contribution is 5.56. The van der Waals surface area contributed by atoms with Gasteiger partial charge in [0.05, 0.1) is 5.69 Å². The van der Waals surface area contributed by atoms with E-state index < -0.39 is 0 Å². The maximum atomic E-state index is 14.0. The zero-order valence-corrected chi connectivity index (χ0v) is 10.7. The Kier molecular flexibility index (Phi) is 4.16. The molecule has 0 aromatic heterocycles. The summed E-state index contributed by atoms with van der Waals surface area (Å²) in [6.45, 7) is 1.55. The van der Waals surface area contributed by atoms with E-state index in [1.807, 2.05) is 11.0 Å². The molecule has 2 atom stereocenters. The van der Waals surface area contributed by atoms with Crippen molar-refractivity contribution >= 4 is 5.69 Å². The van der Waals surface area contributed by atoms with Crippen molar-refractivity contribution in [1.29, 1.82) is 0 Å². The molecule has 0 spiro atoms. The highest BCUT2D eigenvalue weighted by Crippen LogP contribution is 2.29. The quantitative estimate of drug-likeness (QED) is 0.875. The molecule has 18 heavy (non-hydrogen) atoms. The molecule has 2 rings (SSSR count). The van der Waals surface area contributed by atoms with E-state index in [9.17, 15) is 4.39 Å². The molecule has 1 fully saturated rings. The van der Waals surface area contributed by atoms with Gasteiger partial charge in [-0.3, -0.25) is 0 Å². The second-order valence-electron chi connectivity index (χ2n) is 4.40. The number of nitrogens with zero attached hydrogens (tertiary/aromatic N) is 1. The van der Waals surface area contributed by atoms with Gasteiger partial charge in [-0.1, -0.05) is 12.1 Å². The van der Waals surface area contributed by atoms with Gasteiger partial charge in [0, 0.05) is 33.9 Å². The van der Waals surface area contributed by atoms with E-state index >= 15 is 0 Å². The van der Waals surface area contributed by atoms with Crippen LogP contribution in [0, 0.1) is 5.82 Å². The van der Waals surface area contributed by atoms with Crippen LogP contribution >= 0.6 is 0 Å². The van der Waals surface area contributed by atoms with Crippen molar-refractivity contribution in [2.45, 2.75) is 18.8 Å². The smallest absolute Gasteiger partial charge is 0.146 e. The van der Waals surface area contributed by atoms with E-state index in [0.717, 1.165) is 5.56 Å². The van der Waals surface area contributed by atoms with E-state index in [4.69, 9.17) is 15.2 Å². The number of halogens is 1. The minimum Gasteiger partial charge on any atom is -0.377 e. The van der Waals surface area contributed by atoms with Crippen LogP contribution in [0.15, 0.2) is 18.2 Å². The lowest BCUT2D eigenvalue weighted by atomic mass is 10.1. The first-order chi connectivity index (χ1) is 8.71. The second-order valence-corrected chi connectivity index (χ2v) is 4.40. The van der Waals surface area contributed by atoms with Crippen molar-refractivity contribution in [1.82, 2.24) is 0 Å². The summed E-state index contributed by atoms with van der Waals surface area (Å²) >= 11 is 0. The molecule has 1 aromatic rings. The molecule has 0 aliphatic carbocycles. The minimum absolute atomic E-state index is 0.0415. The fraction of sp³-hybridized carbons (Fsp3) is 0.538. The molecule has 2 unspecified atom stereocenters. The summed E-state index contributed by atoms with van der Waals surface area (Å²) in [7, 11) is 3.29. The molecule has 1 saturated heterocycles. The average molecular weight is 254 g/mol. The summed E-state index contributed by atoms with van der Waals surface area (Å²) in [4.78, 5) is 1.94. The molecular formula is C13H19FN2O2. The zero-order valence-electron chi connectivity index (χ0n) is 10.7. The summed E-state index contributed by atoms with van der Waals surface area (Å²) in [6, 6.07) is 4.98. The number of benzene rings is 1. The fourth-order valence-corrected chi connectivity index (χ4v) is 2.46. The molecule has 0 saturated carbocycles. The number of anilines is 1. The number of hydrogen-bond donors (Lipinski definition) is 1. The van der Waals surface area contributed by atoms with Crippen LogP contribution in [0.1, 0.15) is 5.56 Å². The van der Waals surface area contributed by atoms with Gasteiger partial charge in [0.2, 0.25) is 0 Å². The molecule has 0 radical (unpaired) electrons. The number of hydrogen-bond acceptors (Lipinski definition) is 4. The third-order valence-electron chi connectivity index (χ3n) is 3.43. The van der Waals surface area contributed by atoms with E-state index in [0.29, 0.717) is 25.3 Å². The summed E-state index contributed by atoms with van der Waals surface area (Å²) < 4.78 is 24.7. The van der Waals surface area contributed by atoms with E-state index in [1.165, 1.54) is 6.07 Å². The summed E-state index contributed by atoms with van der Waals surface area (Å²) in [6.07, 6.45) is -0.0829. The van der Waals surface area contributed by atoms with Gasteiger partial charge >= 0.3 is 0 Å². The van der Waals surface area contributed by atoms with Gasteiger partial charge in [-0.15, -0.1) is 0 Å². The molecule has 1 aromatic carbocycles. The van der Waals surface area contributed by atoms with Gasteiger partial charge < -0.3 is 20.1 Å². The number of para-hydroxylation sites is 1. The number of nitrogens with two attached hydrogens (primary N) is 1. The van der Waals surface area contributed by atoms with Crippen LogP contribution in [0.4, 0.5) is 10.1 Å². The topological polar surface area (TPSA) is 47.7 Å². The zero-order chi connectivity index (χ0) is 13.1. The first kappa shape index (κ1) is 13.3. The Morgan fingerprint density at radius 3 is 2.39 bits per heavy atom. The number of ether oxygens (including phenoxy) is 2. The van der Waals surface area contributed by atoms with Crippen LogP contribution in [0.5, 0.6) is 0 Å². The normalized spacial score (nSPS) is 23.7. The van der Waals surface area contributed by atoms with E-state index in [1.54, 1.807) is 20.3 Å². The van der Waals surface area contributed by atoms with Crippen molar-refractivity contribution in [3.8, 4) is 0 Å². The maximum absolute atomic E-state index is 14.0. The standard InChI is InChI=1S/C13H19FN2O2/c1-17-11-7-16(8-12(11)18-2)13-9(6-15)4-3-5-10(13)14/h3-5,11-12H,6-8,15H2,1-2H3. The Hall–Kier alpha value is -1.17. The third-order valence-corrected chi connectivity index (χ3v) is 3.43. The van der Waals surface area contributed by atoms with Crippen molar-refractivity contribution in [3.05, 3.63) is 29.6 Å². The fourth-order valence-electron chi connectivity index (χ4n) is 2.46. The number of methoxy groups -OCH3 is 2. The second kappa shape index (κ2) is 5.65. The lowest BCUT2D eigenvalue weighted by molar-refractivity contribution is -0.00461. The molecule has 1 aliphatic rings. The molecular weight excluding hydrogens is 235 g/mol. The Balaban J connectivity index is 2.28. The summed E-state index contributed by atoms with van der Waals surface area (Å²) in [5, 5.41) is 0. The maximum Gasteiger partial charge on any atom is 0.146 e. The molecule has 5 heteroatoms. The lowest BCUT2D eigenvalue weighted by Gasteiger charge is -2.21. The molecule has 0 amide bonds. The molecule has 0 bridgehead atoms. The van der Waals surface area contributed by atoms with Gasteiger partial charge in [0.15, 0.2) is 0 Å². The van der Waals surface area contributed by atoms with Gasteiger partial charge in [-0.2, -0.15) is 0 Å². The monoisotopic (exact) mass is 254 g/mol. The molecule has 1 aliphatic heterocycles. The highest BCUT2D eigenvalue weighted by Gasteiger charge is 2.34. The van der Waals surface area contributed by atoms with Crippen molar-refractivity contribution in [2.24, 2.45) is 5.73 Å². The van der Waals surface area contributed by atoms with Crippen molar-refractivity contribution < 1.29 is 13.9 Å². The highest BCUT2D eigenvalue weighted by atomic mass is 19.1. The average Bonchev–Trinajstić information content (AvgIpc) is 2.81. The van der Waals surface area contributed by atoms with Crippen molar-refractivity contribution in [2.75, 3.05) is 32.2 Å². The Bertz CT molecular complexity index is 402. The lowest BCUT2D eigenvalue weighted by Crippen LogP contribution is -2.27. The van der Waals surface area contributed by atoms with Gasteiger partial charge in [0.1, 0.15) is 18.0 Å². The summed E-state index contributed by atoms with van der Waals surface area (Å²) in [5.74, 6) is -0.246. The molecule has 100 valence electrons. The van der Waals surface area contributed by atoms with Crippen LogP contribution < -0.4 is 10.6 Å². The third kappa shape index (κ3) is 2.34. The largest absolute Gasteiger partial charge is 0.377 e.